The summed E-state index contributed by atoms with van der Waals surface area (Å²) in [5.74, 6) is -0.539. The lowest BCUT2D eigenvalue weighted by Gasteiger charge is -2.31. The zero-order chi connectivity index (χ0) is 22.2. The number of hydrogen-bond acceptors (Lipinski definition) is 3. The van der Waals surface area contributed by atoms with Crippen molar-refractivity contribution in [1.29, 1.82) is 0 Å². The molecular weight excluding hydrogens is 419 g/mol. The lowest BCUT2D eigenvalue weighted by atomic mass is 9.95. The summed E-state index contributed by atoms with van der Waals surface area (Å²) in [5.41, 5.74) is 0.747. The van der Waals surface area contributed by atoms with E-state index in [4.69, 9.17) is 16.3 Å². The molecule has 0 aromatic heterocycles. The van der Waals surface area contributed by atoms with Crippen LogP contribution in [-0.2, 0) is 16.1 Å². The summed E-state index contributed by atoms with van der Waals surface area (Å²) in [6.45, 7) is 1.63. The molecule has 31 heavy (non-hydrogen) atoms. The van der Waals surface area contributed by atoms with Crippen molar-refractivity contribution in [3.63, 3.8) is 0 Å². The Labute approximate surface area is 187 Å². The van der Waals surface area contributed by atoms with Crippen LogP contribution in [0.4, 0.5) is 4.39 Å². The summed E-state index contributed by atoms with van der Waals surface area (Å²) in [5, 5.41) is 3.61. The fourth-order valence-corrected chi connectivity index (χ4v) is 3.92. The van der Waals surface area contributed by atoms with Crippen LogP contribution < -0.4 is 10.1 Å². The fourth-order valence-electron chi connectivity index (χ4n) is 3.72. The molecule has 1 aliphatic rings. The first kappa shape index (κ1) is 23.1. The number of benzene rings is 2. The predicted octanol–water partition coefficient (Wildman–Crippen LogP) is 4.72. The highest BCUT2D eigenvalue weighted by atomic mass is 35.5. The molecule has 1 N–H and O–H groups in total. The molecule has 2 amide bonds. The first-order chi connectivity index (χ1) is 14.9. The third kappa shape index (κ3) is 6.69. The molecule has 0 unspecified atom stereocenters. The van der Waals surface area contributed by atoms with Gasteiger partial charge in [0.15, 0.2) is 6.61 Å². The van der Waals surface area contributed by atoms with Crippen LogP contribution in [0, 0.1) is 5.82 Å². The van der Waals surface area contributed by atoms with Gasteiger partial charge in [-0.25, -0.2) is 4.39 Å². The third-order valence-corrected chi connectivity index (χ3v) is 5.96. The first-order valence-electron chi connectivity index (χ1n) is 10.7. The van der Waals surface area contributed by atoms with Crippen molar-refractivity contribution in [1.82, 2.24) is 10.2 Å². The first-order valence-corrected chi connectivity index (χ1v) is 11.0. The average Bonchev–Trinajstić information content (AvgIpc) is 2.78. The van der Waals surface area contributed by atoms with Crippen molar-refractivity contribution in [3.8, 4) is 5.75 Å². The van der Waals surface area contributed by atoms with E-state index in [0.29, 0.717) is 10.8 Å². The molecular formula is C24H28ClFN2O3. The quantitative estimate of drug-likeness (QED) is 0.638. The van der Waals surface area contributed by atoms with Gasteiger partial charge in [-0.3, -0.25) is 9.59 Å². The summed E-state index contributed by atoms with van der Waals surface area (Å²) >= 11 is 6.30. The van der Waals surface area contributed by atoms with Gasteiger partial charge in [-0.1, -0.05) is 49.1 Å². The van der Waals surface area contributed by atoms with Crippen molar-refractivity contribution >= 4 is 23.4 Å². The van der Waals surface area contributed by atoms with E-state index in [1.165, 1.54) is 35.6 Å². The van der Waals surface area contributed by atoms with Crippen LogP contribution in [0.25, 0.3) is 0 Å². The maximum atomic E-state index is 13.1. The number of rotatable bonds is 8. The van der Waals surface area contributed by atoms with Crippen molar-refractivity contribution in [2.24, 2.45) is 0 Å². The lowest BCUT2D eigenvalue weighted by Crippen LogP contribution is -2.51. The number of carbonyl (C=O) groups excluding carboxylic acids is 2. The monoisotopic (exact) mass is 446 g/mol. The van der Waals surface area contributed by atoms with Gasteiger partial charge >= 0.3 is 0 Å². The van der Waals surface area contributed by atoms with E-state index >= 15 is 0 Å². The zero-order valence-electron chi connectivity index (χ0n) is 17.7. The van der Waals surface area contributed by atoms with Gasteiger partial charge in [-0.15, -0.1) is 0 Å². The van der Waals surface area contributed by atoms with E-state index in [1.807, 2.05) is 18.2 Å². The minimum absolute atomic E-state index is 0.149. The van der Waals surface area contributed by atoms with Crippen molar-refractivity contribution in [2.45, 2.75) is 57.7 Å². The Morgan fingerprint density at radius 3 is 2.48 bits per heavy atom. The van der Waals surface area contributed by atoms with Gasteiger partial charge in [0.25, 0.3) is 5.91 Å². The van der Waals surface area contributed by atoms with Crippen LogP contribution in [-0.4, -0.2) is 35.4 Å². The van der Waals surface area contributed by atoms with Gasteiger partial charge in [-0.2, -0.15) is 0 Å². The number of ether oxygens (including phenoxy) is 1. The van der Waals surface area contributed by atoms with E-state index in [0.717, 1.165) is 31.2 Å². The summed E-state index contributed by atoms with van der Waals surface area (Å²) < 4.78 is 18.6. The highest BCUT2D eigenvalue weighted by Crippen LogP contribution is 2.21. The summed E-state index contributed by atoms with van der Waals surface area (Å²) in [4.78, 5) is 27.4. The molecule has 1 saturated carbocycles. The SMILES string of the molecule is C[C@H](C(=O)NC1CCCCC1)N(Cc1ccccc1Cl)C(=O)COc1ccc(F)cc1. The Balaban J connectivity index is 1.71. The van der Waals surface area contributed by atoms with Crippen molar-refractivity contribution in [2.75, 3.05) is 6.61 Å². The van der Waals surface area contributed by atoms with Crippen LogP contribution in [0.15, 0.2) is 48.5 Å². The summed E-state index contributed by atoms with van der Waals surface area (Å²) in [7, 11) is 0. The molecule has 0 radical (unpaired) electrons. The Kier molecular flexibility index (Phi) is 8.29. The molecule has 0 spiro atoms. The number of nitrogens with zero attached hydrogens (tertiary/aromatic N) is 1. The van der Waals surface area contributed by atoms with Crippen LogP contribution >= 0.6 is 11.6 Å². The molecule has 2 aromatic rings. The molecule has 7 heteroatoms. The normalized spacial score (nSPS) is 15.2. The van der Waals surface area contributed by atoms with Crippen LogP contribution in [0.5, 0.6) is 5.75 Å². The van der Waals surface area contributed by atoms with Crippen molar-refractivity contribution < 1.29 is 18.7 Å². The molecule has 0 aliphatic heterocycles. The van der Waals surface area contributed by atoms with E-state index in [2.05, 4.69) is 5.32 Å². The second kappa shape index (κ2) is 11.1. The lowest BCUT2D eigenvalue weighted by molar-refractivity contribution is -0.142. The van der Waals surface area contributed by atoms with Gasteiger partial charge in [0.1, 0.15) is 17.6 Å². The van der Waals surface area contributed by atoms with Gasteiger partial charge in [0, 0.05) is 17.6 Å². The summed E-state index contributed by atoms with van der Waals surface area (Å²) in [6, 6.07) is 12.1. The highest BCUT2D eigenvalue weighted by molar-refractivity contribution is 6.31. The van der Waals surface area contributed by atoms with Crippen LogP contribution in [0.1, 0.15) is 44.6 Å². The Morgan fingerprint density at radius 2 is 1.81 bits per heavy atom. The predicted molar refractivity (Wildman–Crippen MR) is 118 cm³/mol. The Morgan fingerprint density at radius 1 is 1.13 bits per heavy atom. The van der Waals surface area contributed by atoms with Gasteiger partial charge in [-0.05, 0) is 55.7 Å². The maximum absolute atomic E-state index is 13.1. The minimum Gasteiger partial charge on any atom is -0.484 e. The van der Waals surface area contributed by atoms with E-state index in [1.54, 1.807) is 13.0 Å². The molecule has 0 saturated heterocycles. The molecule has 0 bridgehead atoms. The average molecular weight is 447 g/mol. The number of amides is 2. The number of carbonyl (C=O) groups is 2. The largest absolute Gasteiger partial charge is 0.484 e. The maximum Gasteiger partial charge on any atom is 0.261 e. The minimum atomic E-state index is -0.692. The smallest absolute Gasteiger partial charge is 0.261 e. The van der Waals surface area contributed by atoms with Gasteiger partial charge in [0.05, 0.1) is 0 Å². The van der Waals surface area contributed by atoms with E-state index in [-0.39, 0.29) is 36.8 Å². The topological polar surface area (TPSA) is 58.6 Å². The van der Waals surface area contributed by atoms with E-state index in [9.17, 15) is 14.0 Å². The molecule has 1 aliphatic carbocycles. The molecule has 2 aromatic carbocycles. The van der Waals surface area contributed by atoms with E-state index < -0.39 is 6.04 Å². The Bertz CT molecular complexity index is 885. The molecule has 166 valence electrons. The van der Waals surface area contributed by atoms with Gasteiger partial charge in [0.2, 0.25) is 5.91 Å². The molecule has 3 rings (SSSR count). The second-order valence-corrected chi connectivity index (χ2v) is 8.28. The molecule has 1 fully saturated rings. The molecule has 0 heterocycles. The highest BCUT2D eigenvalue weighted by Gasteiger charge is 2.28. The number of hydrogen-bond donors (Lipinski definition) is 1. The van der Waals surface area contributed by atoms with Crippen molar-refractivity contribution in [3.05, 3.63) is 64.9 Å². The summed E-state index contributed by atoms with van der Waals surface area (Å²) in [6.07, 6.45) is 5.33. The van der Waals surface area contributed by atoms with Crippen LogP contribution in [0.3, 0.4) is 0 Å². The standard InChI is InChI=1S/C24H28ClFN2O3/c1-17(24(30)27-20-8-3-2-4-9-20)28(15-18-7-5-6-10-22(18)25)23(29)16-31-21-13-11-19(26)12-14-21/h5-7,10-14,17,20H,2-4,8-9,15-16H2,1H3,(H,27,30)/t17-/m1/s1. The third-order valence-electron chi connectivity index (χ3n) is 5.59. The van der Waals surface area contributed by atoms with Crippen LogP contribution in [0.2, 0.25) is 5.02 Å². The van der Waals surface area contributed by atoms with Gasteiger partial charge < -0.3 is 15.0 Å². The number of nitrogens with one attached hydrogen (secondary N) is 1. The Hall–Kier alpha value is -2.60. The number of halogens is 2. The molecule has 1 atom stereocenters. The second-order valence-electron chi connectivity index (χ2n) is 7.88. The fraction of sp³-hybridized carbons (Fsp3) is 0.417. The molecule has 5 nitrogen and oxygen atoms in total. The zero-order valence-corrected chi connectivity index (χ0v) is 18.4.